The lowest BCUT2D eigenvalue weighted by Gasteiger charge is -2.11. The molecule has 0 atom stereocenters. The molecule has 1 heterocycles. The van der Waals surface area contributed by atoms with Gasteiger partial charge in [0.2, 0.25) is 0 Å². The molecule has 0 bridgehead atoms. The van der Waals surface area contributed by atoms with Crippen LogP contribution in [0.15, 0.2) is 29.3 Å². The summed E-state index contributed by atoms with van der Waals surface area (Å²) < 4.78 is 0.999. The van der Waals surface area contributed by atoms with Gasteiger partial charge in [0, 0.05) is 12.1 Å². The maximum Gasteiger partial charge on any atom is 0.108 e. The fraction of sp³-hybridized carbons (Fsp3) is 0.222. The molecule has 0 N–H and O–H groups in total. The zero-order valence-corrected chi connectivity index (χ0v) is 7.63. The largest absolute Gasteiger partial charge is 0.277 e. The molecule has 0 radical (unpaired) electrons. The quantitative estimate of drug-likeness (QED) is 0.623. The van der Waals surface area contributed by atoms with Crippen LogP contribution in [0, 0.1) is 0 Å². The molecule has 0 saturated heterocycles. The lowest BCUT2D eigenvalue weighted by molar-refractivity contribution is 0.951. The van der Waals surface area contributed by atoms with Gasteiger partial charge in [-0.2, -0.15) is 0 Å². The van der Waals surface area contributed by atoms with E-state index in [1.807, 2.05) is 6.07 Å². The van der Waals surface area contributed by atoms with Gasteiger partial charge in [-0.05, 0) is 27.9 Å². The average molecular weight is 210 g/mol. The van der Waals surface area contributed by atoms with Gasteiger partial charge < -0.3 is 0 Å². The van der Waals surface area contributed by atoms with E-state index in [2.05, 4.69) is 39.1 Å². The fourth-order valence-electron chi connectivity index (χ4n) is 1.30. The number of hydrogen-bond acceptors (Lipinski definition) is 1. The molecular weight excluding hydrogens is 202 g/mol. The molecule has 0 saturated carbocycles. The molecule has 2 heteroatoms. The first kappa shape index (κ1) is 7.04. The van der Waals surface area contributed by atoms with E-state index in [1.165, 1.54) is 11.1 Å². The Morgan fingerprint density at radius 2 is 2.09 bits per heavy atom. The molecule has 1 aromatic carbocycles. The first-order valence-electron chi connectivity index (χ1n) is 3.66. The molecule has 0 spiro atoms. The highest BCUT2D eigenvalue weighted by Gasteiger charge is 2.09. The van der Waals surface area contributed by atoms with Gasteiger partial charge in [-0.15, -0.1) is 0 Å². The Bertz CT molecular complexity index is 304. The zero-order chi connectivity index (χ0) is 7.68. The number of aliphatic imine (C=N–C) groups is 1. The molecule has 1 aromatic rings. The summed E-state index contributed by atoms with van der Waals surface area (Å²) in [5.41, 5.74) is 2.65. The van der Waals surface area contributed by atoms with Crippen molar-refractivity contribution in [3.05, 3.63) is 35.4 Å². The Morgan fingerprint density at radius 1 is 1.27 bits per heavy atom. The van der Waals surface area contributed by atoms with Crippen LogP contribution in [0.5, 0.6) is 0 Å². The summed E-state index contributed by atoms with van der Waals surface area (Å²) in [4.78, 5) is 4.30. The van der Waals surface area contributed by atoms with Crippen LogP contribution in [0.3, 0.4) is 0 Å². The van der Waals surface area contributed by atoms with Crippen molar-refractivity contribution in [2.75, 3.05) is 6.54 Å². The zero-order valence-electron chi connectivity index (χ0n) is 6.05. The lowest BCUT2D eigenvalue weighted by atomic mass is 10.0. The van der Waals surface area contributed by atoms with Crippen LogP contribution < -0.4 is 0 Å². The van der Waals surface area contributed by atoms with Crippen molar-refractivity contribution < 1.29 is 0 Å². The van der Waals surface area contributed by atoms with Crippen molar-refractivity contribution in [1.29, 1.82) is 0 Å². The molecule has 0 amide bonds. The van der Waals surface area contributed by atoms with Gasteiger partial charge in [-0.25, -0.2) is 0 Å². The van der Waals surface area contributed by atoms with E-state index < -0.39 is 0 Å². The second-order valence-corrected chi connectivity index (χ2v) is 3.33. The van der Waals surface area contributed by atoms with Crippen molar-refractivity contribution in [3.63, 3.8) is 0 Å². The van der Waals surface area contributed by atoms with Gasteiger partial charge >= 0.3 is 0 Å². The van der Waals surface area contributed by atoms with Gasteiger partial charge in [0.05, 0.1) is 0 Å². The number of rotatable bonds is 0. The molecule has 2 rings (SSSR count). The molecule has 0 unspecified atom stereocenters. The van der Waals surface area contributed by atoms with E-state index in [0.29, 0.717) is 0 Å². The molecule has 0 aliphatic carbocycles. The van der Waals surface area contributed by atoms with Crippen LogP contribution in [0.2, 0.25) is 0 Å². The van der Waals surface area contributed by atoms with Crippen molar-refractivity contribution in [2.45, 2.75) is 6.42 Å². The van der Waals surface area contributed by atoms with Gasteiger partial charge in [0.25, 0.3) is 0 Å². The monoisotopic (exact) mass is 209 g/mol. The van der Waals surface area contributed by atoms with Gasteiger partial charge in [-0.1, -0.05) is 24.3 Å². The summed E-state index contributed by atoms with van der Waals surface area (Å²) in [5, 5.41) is 0. The highest BCUT2D eigenvalue weighted by Crippen LogP contribution is 2.18. The minimum Gasteiger partial charge on any atom is -0.277 e. The highest BCUT2D eigenvalue weighted by molar-refractivity contribution is 9.18. The predicted octanol–water partition coefficient (Wildman–Crippen LogP) is 2.38. The second kappa shape index (κ2) is 2.78. The molecule has 1 aliphatic rings. The molecule has 1 aliphatic heterocycles. The van der Waals surface area contributed by atoms with Crippen LogP contribution in [-0.2, 0) is 6.42 Å². The van der Waals surface area contributed by atoms with Crippen LogP contribution in [0.25, 0.3) is 0 Å². The van der Waals surface area contributed by atoms with Crippen molar-refractivity contribution in [2.24, 2.45) is 4.99 Å². The number of halogens is 1. The van der Waals surface area contributed by atoms with Crippen LogP contribution in [-0.4, -0.2) is 11.2 Å². The summed E-state index contributed by atoms with van der Waals surface area (Å²) in [5.74, 6) is 0. The lowest BCUT2D eigenvalue weighted by Crippen LogP contribution is -2.06. The van der Waals surface area contributed by atoms with E-state index in [4.69, 9.17) is 0 Å². The Labute approximate surface area is 74.3 Å². The Hall–Kier alpha value is -0.630. The molecule has 0 aromatic heterocycles. The van der Waals surface area contributed by atoms with Crippen molar-refractivity contribution >= 4 is 20.6 Å². The highest BCUT2D eigenvalue weighted by atomic mass is 79.9. The summed E-state index contributed by atoms with van der Waals surface area (Å²) in [6, 6.07) is 8.37. The van der Waals surface area contributed by atoms with Crippen LogP contribution in [0.1, 0.15) is 11.1 Å². The number of benzene rings is 1. The van der Waals surface area contributed by atoms with Gasteiger partial charge in [0.1, 0.15) is 4.62 Å². The maximum absolute atomic E-state index is 4.30. The van der Waals surface area contributed by atoms with Crippen molar-refractivity contribution in [3.8, 4) is 0 Å². The number of fused-ring (bicyclic) bond motifs is 1. The van der Waals surface area contributed by atoms with E-state index >= 15 is 0 Å². The third-order valence-corrected chi connectivity index (χ3v) is 2.55. The topological polar surface area (TPSA) is 12.4 Å². The second-order valence-electron chi connectivity index (χ2n) is 2.58. The van der Waals surface area contributed by atoms with Crippen molar-refractivity contribution in [1.82, 2.24) is 0 Å². The van der Waals surface area contributed by atoms with E-state index in [9.17, 15) is 0 Å². The molecule has 11 heavy (non-hydrogen) atoms. The standard InChI is InChI=1S/C9H8BrN/c10-9-8-4-2-1-3-7(8)5-6-11-9/h1-4H,5-6H2. The minimum absolute atomic E-state index is 0.914. The Balaban J connectivity index is 2.56. The predicted molar refractivity (Wildman–Crippen MR) is 50.5 cm³/mol. The summed E-state index contributed by atoms with van der Waals surface area (Å²) in [7, 11) is 0. The van der Waals surface area contributed by atoms with Crippen LogP contribution in [0.4, 0.5) is 0 Å². The summed E-state index contributed by atoms with van der Waals surface area (Å²) >= 11 is 3.44. The summed E-state index contributed by atoms with van der Waals surface area (Å²) in [6.45, 7) is 0.914. The van der Waals surface area contributed by atoms with Crippen LogP contribution >= 0.6 is 15.9 Å². The number of hydrogen-bond donors (Lipinski definition) is 0. The normalized spacial score (nSPS) is 15.5. The summed E-state index contributed by atoms with van der Waals surface area (Å²) in [6.07, 6.45) is 1.07. The molecule has 0 fully saturated rings. The molecular formula is C9H8BrN. The van der Waals surface area contributed by atoms with E-state index in [1.54, 1.807) is 0 Å². The minimum atomic E-state index is 0.914. The molecule has 1 nitrogen and oxygen atoms in total. The SMILES string of the molecule is BrC1=NCCc2ccccc21. The smallest absolute Gasteiger partial charge is 0.108 e. The third kappa shape index (κ3) is 1.23. The van der Waals surface area contributed by atoms with E-state index in [-0.39, 0.29) is 0 Å². The Morgan fingerprint density at radius 3 is 2.91 bits per heavy atom. The maximum atomic E-state index is 4.30. The molecule has 56 valence electrons. The van der Waals surface area contributed by atoms with Gasteiger partial charge in [0.15, 0.2) is 0 Å². The third-order valence-electron chi connectivity index (χ3n) is 1.87. The fourth-order valence-corrected chi connectivity index (χ4v) is 1.86. The first-order chi connectivity index (χ1) is 5.38. The first-order valence-corrected chi connectivity index (χ1v) is 4.45. The average Bonchev–Trinajstić information content (AvgIpc) is 2.06. The Kier molecular flexibility index (Phi) is 1.78. The van der Waals surface area contributed by atoms with Gasteiger partial charge in [-0.3, -0.25) is 4.99 Å². The number of nitrogens with zero attached hydrogens (tertiary/aromatic N) is 1. The van der Waals surface area contributed by atoms with E-state index in [0.717, 1.165) is 17.6 Å².